The van der Waals surface area contributed by atoms with E-state index < -0.39 is 25.3 Å². The molecular weight excluding hydrogens is 322 g/mol. The Hall–Kier alpha value is -1.07. The molecule has 1 aromatic carbocycles. The summed E-state index contributed by atoms with van der Waals surface area (Å²) in [5.74, 6) is 0. The summed E-state index contributed by atoms with van der Waals surface area (Å²) < 4.78 is 48.0. The van der Waals surface area contributed by atoms with Crippen molar-refractivity contribution >= 4 is 37.3 Å². The quantitative estimate of drug-likeness (QED) is 0.595. The zero-order valence-corrected chi connectivity index (χ0v) is 13.1. The molecule has 0 aliphatic carbocycles. The van der Waals surface area contributed by atoms with E-state index in [-0.39, 0.29) is 16.4 Å². The summed E-state index contributed by atoms with van der Waals surface area (Å²) in [4.78, 5) is -0.164. The third-order valence-electron chi connectivity index (χ3n) is 2.60. The summed E-state index contributed by atoms with van der Waals surface area (Å²) >= 11 is 4.63. The van der Waals surface area contributed by atoms with Crippen LogP contribution >= 0.6 is 12.2 Å². The van der Waals surface area contributed by atoms with Crippen LogP contribution in [0.15, 0.2) is 29.2 Å². The molecule has 0 radical (unpaired) electrons. The Labute approximate surface area is 123 Å². The average Bonchev–Trinajstić information content (AvgIpc) is 2.35. The summed E-state index contributed by atoms with van der Waals surface area (Å²) in [5.41, 5.74) is 5.87. The Morgan fingerprint density at radius 1 is 1.25 bits per heavy atom. The zero-order valence-electron chi connectivity index (χ0n) is 10.6. The Morgan fingerprint density at radius 3 is 2.15 bits per heavy atom. The lowest BCUT2D eigenvalue weighted by Crippen LogP contribution is -2.39. The maximum absolute atomic E-state index is 11.8. The van der Waals surface area contributed by atoms with E-state index in [2.05, 4.69) is 16.9 Å². The smallest absolute Gasteiger partial charge is 0.238 e. The number of nitrogens with two attached hydrogens (primary N) is 2. The van der Waals surface area contributed by atoms with Crippen LogP contribution in [0.3, 0.4) is 0 Å². The highest BCUT2D eigenvalue weighted by Gasteiger charge is 2.22. The molecule has 0 saturated carbocycles. The molecule has 10 heteroatoms. The van der Waals surface area contributed by atoms with Crippen LogP contribution in [0.25, 0.3) is 0 Å². The fraction of sp³-hybridized carbons (Fsp3) is 0.300. The maximum atomic E-state index is 11.8. The first-order valence-electron chi connectivity index (χ1n) is 5.43. The highest BCUT2D eigenvalue weighted by atomic mass is 32.2. The topological polar surface area (TPSA) is 132 Å². The van der Waals surface area contributed by atoms with E-state index >= 15 is 0 Å². The summed E-state index contributed by atoms with van der Waals surface area (Å²) in [6.07, 6.45) is 0. The largest absolute Gasteiger partial charge is 0.392 e. The molecular formula is C10H15N3O4S3. The third-order valence-corrected chi connectivity index (χ3v) is 5.76. The van der Waals surface area contributed by atoms with Crippen molar-refractivity contribution in [1.82, 2.24) is 4.72 Å². The standard InChI is InChI=1S/C10H15N3O4S3/c1-7(10(11)18)20(16,17)13-6-8-2-4-9(5-3-8)19(12,14)15/h2-5,7,13H,6H2,1H3,(H2,11,18)(H2,12,14,15). The molecule has 1 atom stereocenters. The molecule has 7 nitrogen and oxygen atoms in total. The van der Waals surface area contributed by atoms with Crippen LogP contribution in [0.2, 0.25) is 0 Å². The zero-order chi connectivity index (χ0) is 15.6. The highest BCUT2D eigenvalue weighted by molar-refractivity contribution is 7.93. The molecule has 0 fully saturated rings. The Bertz CT molecular complexity index is 696. The number of hydrogen-bond donors (Lipinski definition) is 3. The highest BCUT2D eigenvalue weighted by Crippen LogP contribution is 2.09. The van der Waals surface area contributed by atoms with Crippen LogP contribution in [-0.2, 0) is 26.6 Å². The minimum absolute atomic E-state index is 0.000184. The number of nitrogens with one attached hydrogen (secondary N) is 1. The van der Waals surface area contributed by atoms with Crippen LogP contribution in [0.1, 0.15) is 12.5 Å². The minimum Gasteiger partial charge on any atom is -0.392 e. The van der Waals surface area contributed by atoms with E-state index in [9.17, 15) is 16.8 Å². The molecule has 0 spiro atoms. The first kappa shape index (κ1) is 17.0. The van der Waals surface area contributed by atoms with Crippen LogP contribution < -0.4 is 15.6 Å². The van der Waals surface area contributed by atoms with Gasteiger partial charge in [0.05, 0.1) is 9.88 Å². The Kier molecular flexibility index (Phi) is 5.21. The van der Waals surface area contributed by atoms with E-state index in [1.54, 1.807) is 0 Å². The monoisotopic (exact) mass is 337 g/mol. The van der Waals surface area contributed by atoms with Gasteiger partial charge in [0, 0.05) is 6.54 Å². The molecule has 0 amide bonds. The van der Waals surface area contributed by atoms with Gasteiger partial charge in [-0.1, -0.05) is 24.4 Å². The first-order chi connectivity index (χ1) is 9.04. The summed E-state index contributed by atoms with van der Waals surface area (Å²) in [7, 11) is -7.42. The lowest BCUT2D eigenvalue weighted by atomic mass is 10.2. The molecule has 0 bridgehead atoms. The average molecular weight is 337 g/mol. The van der Waals surface area contributed by atoms with E-state index in [0.29, 0.717) is 5.56 Å². The molecule has 0 aliphatic rings. The molecule has 5 N–H and O–H groups in total. The van der Waals surface area contributed by atoms with Gasteiger partial charge in [-0.25, -0.2) is 26.7 Å². The number of benzene rings is 1. The molecule has 1 aromatic rings. The fourth-order valence-corrected chi connectivity index (χ4v) is 3.08. The molecule has 0 aromatic heterocycles. The van der Waals surface area contributed by atoms with E-state index in [1.165, 1.54) is 31.2 Å². The van der Waals surface area contributed by atoms with Crippen molar-refractivity contribution in [3.05, 3.63) is 29.8 Å². The second kappa shape index (κ2) is 6.14. The fourth-order valence-electron chi connectivity index (χ4n) is 1.26. The molecule has 0 saturated heterocycles. The molecule has 1 rings (SSSR count). The summed E-state index contributed by atoms with van der Waals surface area (Å²) in [6, 6.07) is 5.54. The van der Waals surface area contributed by atoms with Gasteiger partial charge in [0.25, 0.3) is 0 Å². The second-order valence-corrected chi connectivity index (χ2v) is 8.22. The Morgan fingerprint density at radius 2 is 1.75 bits per heavy atom. The second-order valence-electron chi connectivity index (χ2n) is 4.10. The van der Waals surface area contributed by atoms with Gasteiger partial charge in [0.1, 0.15) is 5.25 Å². The predicted octanol–water partition coefficient (Wildman–Crippen LogP) is -0.572. The summed E-state index contributed by atoms with van der Waals surface area (Å²) in [6.45, 7) is 1.38. The number of sulfonamides is 2. The van der Waals surface area contributed by atoms with Gasteiger partial charge in [-0.3, -0.25) is 0 Å². The van der Waals surface area contributed by atoms with Crippen molar-refractivity contribution in [2.24, 2.45) is 10.9 Å². The molecule has 0 heterocycles. The van der Waals surface area contributed by atoms with Gasteiger partial charge in [0.15, 0.2) is 0 Å². The Balaban J connectivity index is 2.79. The first-order valence-corrected chi connectivity index (χ1v) is 8.93. The van der Waals surface area contributed by atoms with E-state index in [1.807, 2.05) is 0 Å². The van der Waals surface area contributed by atoms with Gasteiger partial charge in [-0.05, 0) is 24.6 Å². The normalized spacial score (nSPS) is 13.9. The van der Waals surface area contributed by atoms with Crippen molar-refractivity contribution in [2.45, 2.75) is 23.6 Å². The molecule has 0 aliphatic heterocycles. The van der Waals surface area contributed by atoms with Crippen molar-refractivity contribution in [1.29, 1.82) is 0 Å². The number of primary sulfonamides is 1. The van der Waals surface area contributed by atoms with Gasteiger partial charge < -0.3 is 5.73 Å². The number of hydrogen-bond acceptors (Lipinski definition) is 5. The van der Waals surface area contributed by atoms with E-state index in [0.717, 1.165) is 0 Å². The van der Waals surface area contributed by atoms with Crippen LogP contribution in [0.5, 0.6) is 0 Å². The van der Waals surface area contributed by atoms with Gasteiger partial charge >= 0.3 is 0 Å². The van der Waals surface area contributed by atoms with Crippen LogP contribution in [0.4, 0.5) is 0 Å². The van der Waals surface area contributed by atoms with E-state index in [4.69, 9.17) is 10.9 Å². The molecule has 112 valence electrons. The SMILES string of the molecule is CC(C(N)=S)S(=O)(=O)NCc1ccc(S(N)(=O)=O)cc1. The van der Waals surface area contributed by atoms with Crippen molar-refractivity contribution in [2.75, 3.05) is 0 Å². The van der Waals surface area contributed by atoms with Gasteiger partial charge in [0.2, 0.25) is 20.0 Å². The van der Waals surface area contributed by atoms with Crippen molar-refractivity contribution in [3.8, 4) is 0 Å². The van der Waals surface area contributed by atoms with Crippen molar-refractivity contribution in [3.63, 3.8) is 0 Å². The van der Waals surface area contributed by atoms with Crippen LogP contribution in [0, 0.1) is 0 Å². The maximum Gasteiger partial charge on any atom is 0.238 e. The van der Waals surface area contributed by atoms with Crippen LogP contribution in [-0.4, -0.2) is 27.1 Å². The summed E-state index contributed by atoms with van der Waals surface area (Å²) in [5, 5.41) is 3.97. The lowest BCUT2D eigenvalue weighted by Gasteiger charge is -2.12. The molecule has 1 unspecified atom stereocenters. The van der Waals surface area contributed by atoms with Gasteiger partial charge in [-0.15, -0.1) is 0 Å². The third kappa shape index (κ3) is 4.49. The predicted molar refractivity (Wildman–Crippen MR) is 79.8 cm³/mol. The van der Waals surface area contributed by atoms with Crippen molar-refractivity contribution < 1.29 is 16.8 Å². The number of thiocarbonyl (C=S) groups is 1. The lowest BCUT2D eigenvalue weighted by molar-refractivity contribution is 0.578. The molecule has 20 heavy (non-hydrogen) atoms. The number of rotatable bonds is 6. The van der Waals surface area contributed by atoms with Gasteiger partial charge in [-0.2, -0.15) is 0 Å². The minimum atomic E-state index is -3.76.